The maximum atomic E-state index is 11.6. The molecule has 0 saturated heterocycles. The predicted octanol–water partition coefficient (Wildman–Crippen LogP) is 3.09. The van der Waals surface area contributed by atoms with Crippen molar-refractivity contribution in [1.29, 1.82) is 0 Å². The average Bonchev–Trinajstić information content (AvgIpc) is 2.58. The Morgan fingerprint density at radius 1 is 1.15 bits per heavy atom. The van der Waals surface area contributed by atoms with Gasteiger partial charge in [-0.2, -0.15) is 0 Å². The molecule has 1 aromatic rings. The number of rotatable bonds is 8. The van der Waals surface area contributed by atoms with Gasteiger partial charge >= 0.3 is 12.2 Å². The van der Waals surface area contributed by atoms with Gasteiger partial charge in [-0.25, -0.2) is 9.59 Å². The number of allylic oxidation sites excluding steroid dienone is 1. The lowest BCUT2D eigenvalue weighted by Crippen LogP contribution is -2.33. The van der Waals surface area contributed by atoms with E-state index < -0.39 is 17.8 Å². The van der Waals surface area contributed by atoms with Crippen LogP contribution in [-0.4, -0.2) is 36.0 Å². The molecule has 0 spiro atoms. The Morgan fingerprint density at radius 3 is 2.46 bits per heavy atom. The molecule has 0 radical (unpaired) electrons. The van der Waals surface area contributed by atoms with Gasteiger partial charge < -0.3 is 19.9 Å². The molecule has 0 aliphatic carbocycles. The summed E-state index contributed by atoms with van der Waals surface area (Å²) in [6.45, 7) is 5.63. The lowest BCUT2D eigenvalue weighted by molar-refractivity contribution is 0.0538. The van der Waals surface area contributed by atoms with Crippen LogP contribution in [0.4, 0.5) is 9.59 Å². The highest BCUT2D eigenvalue weighted by Crippen LogP contribution is 2.07. The van der Waals surface area contributed by atoms with Crippen LogP contribution < -0.4 is 10.6 Å². The molecule has 0 bridgehead atoms. The largest absolute Gasteiger partial charge is 0.445 e. The smallest absolute Gasteiger partial charge is 0.411 e. The van der Waals surface area contributed by atoms with Gasteiger partial charge in [0.2, 0.25) is 0 Å². The van der Waals surface area contributed by atoms with Crippen LogP contribution in [-0.2, 0) is 16.1 Å². The van der Waals surface area contributed by atoms with Crippen molar-refractivity contribution >= 4 is 12.2 Å². The molecular weight excluding hydrogens is 336 g/mol. The molecule has 0 heterocycles. The zero-order valence-electron chi connectivity index (χ0n) is 15.6. The van der Waals surface area contributed by atoms with Crippen molar-refractivity contribution in [2.45, 2.75) is 45.8 Å². The monoisotopic (exact) mass is 364 g/mol. The highest BCUT2D eigenvalue weighted by atomic mass is 16.6. The summed E-state index contributed by atoms with van der Waals surface area (Å²) >= 11 is 0. The van der Waals surface area contributed by atoms with E-state index in [9.17, 15) is 14.7 Å². The summed E-state index contributed by atoms with van der Waals surface area (Å²) in [4.78, 5) is 23.2. The molecule has 1 rings (SSSR count). The van der Waals surface area contributed by atoms with Crippen molar-refractivity contribution in [2.75, 3.05) is 13.2 Å². The number of hydrogen-bond acceptors (Lipinski definition) is 5. The molecule has 7 heteroatoms. The van der Waals surface area contributed by atoms with E-state index in [-0.39, 0.29) is 13.2 Å². The van der Waals surface area contributed by atoms with Crippen LogP contribution in [0.15, 0.2) is 42.1 Å². The number of carbonyl (C=O) groups is 2. The van der Waals surface area contributed by atoms with Gasteiger partial charge in [-0.1, -0.05) is 36.4 Å². The number of hydrogen-bond donors (Lipinski definition) is 3. The lowest BCUT2D eigenvalue weighted by atomic mass is 10.2. The third kappa shape index (κ3) is 10.4. The van der Waals surface area contributed by atoms with Crippen LogP contribution in [0.1, 0.15) is 39.2 Å². The number of benzene rings is 1. The van der Waals surface area contributed by atoms with Crippen molar-refractivity contribution in [2.24, 2.45) is 0 Å². The highest BCUT2D eigenvalue weighted by Gasteiger charge is 2.16. The summed E-state index contributed by atoms with van der Waals surface area (Å²) in [6.07, 6.45) is 1.82. The van der Waals surface area contributed by atoms with E-state index >= 15 is 0 Å². The van der Waals surface area contributed by atoms with Crippen molar-refractivity contribution < 1.29 is 24.2 Å². The Hall–Kier alpha value is -2.54. The minimum absolute atomic E-state index is 0.223. The maximum absolute atomic E-state index is 11.6. The van der Waals surface area contributed by atoms with Crippen molar-refractivity contribution in [3.8, 4) is 0 Å². The molecule has 7 nitrogen and oxygen atoms in total. The van der Waals surface area contributed by atoms with E-state index in [0.717, 1.165) is 5.56 Å². The summed E-state index contributed by atoms with van der Waals surface area (Å²) < 4.78 is 10.2. The molecule has 0 fully saturated rings. The van der Waals surface area contributed by atoms with Gasteiger partial charge in [-0.15, -0.1) is 0 Å². The number of aliphatic hydroxyl groups is 1. The standard InChI is InChI=1S/C19H28N2O5/c1-19(2,3)26-18(24)21-16(13-22)11-7-8-12-20-17(23)25-14-15-9-5-4-6-10-15/h4-6,9-11,22H,7-8,12-14H2,1-3H3,(H,20,23)(H,21,24)/b16-11-. The summed E-state index contributed by atoms with van der Waals surface area (Å²) in [7, 11) is 0. The van der Waals surface area contributed by atoms with E-state index in [4.69, 9.17) is 9.47 Å². The number of aliphatic hydroxyl groups excluding tert-OH is 1. The van der Waals surface area contributed by atoms with E-state index in [1.54, 1.807) is 26.8 Å². The number of nitrogens with one attached hydrogen (secondary N) is 2. The molecule has 3 N–H and O–H groups in total. The van der Waals surface area contributed by atoms with Crippen LogP contribution in [0.3, 0.4) is 0 Å². The zero-order chi connectivity index (χ0) is 19.4. The van der Waals surface area contributed by atoms with Gasteiger partial charge in [0.25, 0.3) is 0 Å². The van der Waals surface area contributed by atoms with E-state index in [1.807, 2.05) is 30.3 Å². The molecule has 0 aliphatic heterocycles. The normalized spacial score (nSPS) is 11.6. The molecule has 0 saturated carbocycles. The van der Waals surface area contributed by atoms with Gasteiger partial charge in [-0.3, -0.25) is 5.32 Å². The average molecular weight is 364 g/mol. The molecule has 2 amide bonds. The van der Waals surface area contributed by atoms with Crippen LogP contribution in [0.25, 0.3) is 0 Å². The Morgan fingerprint density at radius 2 is 1.85 bits per heavy atom. The fraction of sp³-hybridized carbons (Fsp3) is 0.474. The fourth-order valence-corrected chi connectivity index (χ4v) is 1.93. The minimum Gasteiger partial charge on any atom is -0.445 e. The van der Waals surface area contributed by atoms with E-state index in [2.05, 4.69) is 10.6 Å². The molecule has 0 aromatic heterocycles. The lowest BCUT2D eigenvalue weighted by Gasteiger charge is -2.20. The van der Waals surface area contributed by atoms with Gasteiger partial charge in [0.15, 0.2) is 0 Å². The fourth-order valence-electron chi connectivity index (χ4n) is 1.93. The molecule has 0 aliphatic rings. The number of carbonyl (C=O) groups excluding carboxylic acids is 2. The Balaban J connectivity index is 2.21. The van der Waals surface area contributed by atoms with Crippen molar-refractivity contribution in [3.05, 3.63) is 47.7 Å². The first-order valence-electron chi connectivity index (χ1n) is 8.54. The molecular formula is C19H28N2O5. The van der Waals surface area contributed by atoms with Crippen LogP contribution in [0, 0.1) is 0 Å². The van der Waals surface area contributed by atoms with E-state index in [1.165, 1.54) is 0 Å². The second-order valence-corrected chi connectivity index (χ2v) is 6.65. The van der Waals surface area contributed by atoms with Gasteiger partial charge in [-0.05, 0) is 39.2 Å². The first-order valence-corrected chi connectivity index (χ1v) is 8.54. The summed E-state index contributed by atoms with van der Waals surface area (Å²) in [5.74, 6) is 0. The molecule has 0 atom stereocenters. The third-order valence-corrected chi connectivity index (χ3v) is 3.09. The predicted molar refractivity (Wildman–Crippen MR) is 98.4 cm³/mol. The number of alkyl carbamates (subject to hydrolysis) is 2. The van der Waals surface area contributed by atoms with Crippen LogP contribution in [0.5, 0.6) is 0 Å². The summed E-state index contributed by atoms with van der Waals surface area (Å²) in [5, 5.41) is 14.4. The SMILES string of the molecule is CC(C)(C)OC(=O)N/C(=C\CCCNC(=O)OCc1ccccc1)CO. The number of ether oxygens (including phenoxy) is 2. The first-order chi connectivity index (χ1) is 12.3. The third-order valence-electron chi connectivity index (χ3n) is 3.09. The number of unbranched alkanes of at least 4 members (excludes halogenated alkanes) is 1. The zero-order valence-corrected chi connectivity index (χ0v) is 15.6. The second kappa shape index (κ2) is 11.1. The van der Waals surface area contributed by atoms with Crippen LogP contribution >= 0.6 is 0 Å². The topological polar surface area (TPSA) is 96.9 Å². The van der Waals surface area contributed by atoms with Crippen LogP contribution in [0.2, 0.25) is 0 Å². The Kier molecular flexibility index (Phi) is 9.22. The Labute approximate surface area is 154 Å². The van der Waals surface area contributed by atoms with Gasteiger partial charge in [0.1, 0.15) is 12.2 Å². The molecule has 1 aromatic carbocycles. The first kappa shape index (κ1) is 21.5. The van der Waals surface area contributed by atoms with Crippen molar-refractivity contribution in [3.63, 3.8) is 0 Å². The van der Waals surface area contributed by atoms with Crippen molar-refractivity contribution in [1.82, 2.24) is 10.6 Å². The number of amides is 2. The molecule has 144 valence electrons. The van der Waals surface area contributed by atoms with E-state index in [0.29, 0.717) is 25.1 Å². The summed E-state index contributed by atoms with van der Waals surface area (Å²) in [6, 6.07) is 9.42. The minimum atomic E-state index is -0.611. The maximum Gasteiger partial charge on any atom is 0.411 e. The highest BCUT2D eigenvalue weighted by molar-refractivity contribution is 5.70. The second-order valence-electron chi connectivity index (χ2n) is 6.65. The quantitative estimate of drug-likeness (QED) is 0.616. The molecule has 0 unspecified atom stereocenters. The van der Waals surface area contributed by atoms with Gasteiger partial charge in [0, 0.05) is 12.2 Å². The summed E-state index contributed by atoms with van der Waals surface area (Å²) in [5.41, 5.74) is 0.687. The molecule has 26 heavy (non-hydrogen) atoms. The van der Waals surface area contributed by atoms with Gasteiger partial charge in [0.05, 0.1) is 6.61 Å². The Bertz CT molecular complexity index is 594.